The van der Waals surface area contributed by atoms with Crippen molar-refractivity contribution in [3.8, 4) is 0 Å². The van der Waals surface area contributed by atoms with E-state index < -0.39 is 10.0 Å². The van der Waals surface area contributed by atoms with Gasteiger partial charge in [-0.15, -0.1) is 0 Å². The summed E-state index contributed by atoms with van der Waals surface area (Å²) in [4.78, 5) is 0.229. The van der Waals surface area contributed by atoms with Gasteiger partial charge >= 0.3 is 0 Å². The molecule has 112 valence electrons. The molecule has 0 saturated heterocycles. The summed E-state index contributed by atoms with van der Waals surface area (Å²) in [5.41, 5.74) is 7.81. The highest BCUT2D eigenvalue weighted by Gasteiger charge is 2.24. The predicted octanol–water partition coefficient (Wildman–Crippen LogP) is 3.16. The fraction of sp³-hybridized carbons (Fsp3) is 0.200. The summed E-state index contributed by atoms with van der Waals surface area (Å²) in [6.07, 6.45) is 0. The number of hydrogen-bond acceptors (Lipinski definition) is 3. The third-order valence-electron chi connectivity index (χ3n) is 3.30. The van der Waals surface area contributed by atoms with Gasteiger partial charge in [0, 0.05) is 23.8 Å². The Morgan fingerprint density at radius 3 is 2.43 bits per heavy atom. The third-order valence-corrected chi connectivity index (χ3v) is 5.69. The third kappa shape index (κ3) is 3.45. The molecule has 0 heterocycles. The first-order chi connectivity index (χ1) is 9.82. The van der Waals surface area contributed by atoms with E-state index in [4.69, 9.17) is 5.73 Å². The first kappa shape index (κ1) is 16.0. The predicted molar refractivity (Wildman–Crippen MR) is 88.4 cm³/mol. The Labute approximate surface area is 133 Å². The van der Waals surface area contributed by atoms with Crippen molar-refractivity contribution >= 4 is 31.6 Å². The van der Waals surface area contributed by atoms with Crippen molar-refractivity contribution in [3.05, 3.63) is 58.1 Å². The van der Waals surface area contributed by atoms with Crippen LogP contribution in [-0.4, -0.2) is 19.8 Å². The molecule has 0 radical (unpaired) electrons. The van der Waals surface area contributed by atoms with E-state index in [0.717, 1.165) is 5.56 Å². The van der Waals surface area contributed by atoms with Gasteiger partial charge in [-0.2, -0.15) is 4.31 Å². The Hall–Kier alpha value is -1.37. The first-order valence-electron chi connectivity index (χ1n) is 6.38. The molecule has 0 aliphatic rings. The molecular formula is C15H17BrN2O2S. The average Bonchev–Trinajstić information content (AvgIpc) is 2.43. The zero-order valence-electron chi connectivity index (χ0n) is 11.9. The number of benzene rings is 2. The Morgan fingerprint density at radius 1 is 1.19 bits per heavy atom. The van der Waals surface area contributed by atoms with Crippen molar-refractivity contribution < 1.29 is 8.42 Å². The number of sulfonamides is 1. The smallest absolute Gasteiger partial charge is 0.243 e. The zero-order valence-corrected chi connectivity index (χ0v) is 14.3. The average molecular weight is 369 g/mol. The van der Waals surface area contributed by atoms with E-state index in [1.54, 1.807) is 26.1 Å². The van der Waals surface area contributed by atoms with Gasteiger partial charge in [0.05, 0.1) is 4.90 Å². The maximum Gasteiger partial charge on any atom is 0.243 e. The number of anilines is 1. The molecule has 0 bridgehead atoms. The molecule has 0 aliphatic heterocycles. The Kier molecular flexibility index (Phi) is 4.70. The van der Waals surface area contributed by atoms with Crippen LogP contribution < -0.4 is 5.73 Å². The molecule has 0 saturated carbocycles. The van der Waals surface area contributed by atoms with Crippen LogP contribution in [0.3, 0.4) is 0 Å². The fourth-order valence-corrected chi connectivity index (χ4v) is 4.10. The highest BCUT2D eigenvalue weighted by molar-refractivity contribution is 9.10. The van der Waals surface area contributed by atoms with Crippen molar-refractivity contribution in [2.75, 3.05) is 12.8 Å². The van der Waals surface area contributed by atoms with Crippen LogP contribution in [0.2, 0.25) is 0 Å². The van der Waals surface area contributed by atoms with Crippen LogP contribution in [-0.2, 0) is 16.6 Å². The largest absolute Gasteiger partial charge is 0.398 e. The number of nitrogen functional groups attached to an aromatic ring is 1. The van der Waals surface area contributed by atoms with Crippen LogP contribution in [0, 0.1) is 6.92 Å². The summed E-state index contributed by atoms with van der Waals surface area (Å²) in [6.45, 7) is 2.03. The number of nitrogens with two attached hydrogens (primary N) is 1. The normalized spacial score (nSPS) is 11.8. The maximum atomic E-state index is 12.7. The summed E-state index contributed by atoms with van der Waals surface area (Å²) >= 11 is 3.29. The maximum absolute atomic E-state index is 12.7. The van der Waals surface area contributed by atoms with Crippen LogP contribution >= 0.6 is 15.9 Å². The quantitative estimate of drug-likeness (QED) is 0.842. The molecule has 0 fully saturated rings. The summed E-state index contributed by atoms with van der Waals surface area (Å²) in [7, 11) is -2.02. The van der Waals surface area contributed by atoms with Crippen LogP contribution in [0.4, 0.5) is 5.69 Å². The first-order valence-corrected chi connectivity index (χ1v) is 8.61. The number of nitrogens with zero attached hydrogens (tertiary/aromatic N) is 1. The number of hydrogen-bond donors (Lipinski definition) is 1. The van der Waals surface area contributed by atoms with Crippen molar-refractivity contribution in [3.63, 3.8) is 0 Å². The van der Waals surface area contributed by atoms with E-state index >= 15 is 0 Å². The molecule has 2 aromatic rings. The Bertz CT molecular complexity index is 746. The molecule has 6 heteroatoms. The second kappa shape index (κ2) is 6.17. The van der Waals surface area contributed by atoms with Gasteiger partial charge in [-0.05, 0) is 30.2 Å². The lowest BCUT2D eigenvalue weighted by atomic mass is 10.2. The van der Waals surface area contributed by atoms with Crippen LogP contribution in [0.5, 0.6) is 0 Å². The van der Waals surface area contributed by atoms with Crippen molar-refractivity contribution in [2.24, 2.45) is 0 Å². The lowest BCUT2D eigenvalue weighted by Gasteiger charge is -2.19. The van der Waals surface area contributed by atoms with E-state index in [9.17, 15) is 8.42 Å². The molecule has 0 aromatic heterocycles. The SMILES string of the molecule is Cc1c(N)cc(Br)cc1S(=O)(=O)N(C)Cc1ccccc1. The van der Waals surface area contributed by atoms with E-state index in [-0.39, 0.29) is 4.90 Å². The van der Waals surface area contributed by atoms with E-state index in [2.05, 4.69) is 15.9 Å². The van der Waals surface area contributed by atoms with Crippen molar-refractivity contribution in [1.29, 1.82) is 0 Å². The summed E-state index contributed by atoms with van der Waals surface area (Å²) in [5.74, 6) is 0. The Morgan fingerprint density at radius 2 is 1.81 bits per heavy atom. The molecule has 0 amide bonds. The lowest BCUT2D eigenvalue weighted by Crippen LogP contribution is -2.27. The van der Waals surface area contributed by atoms with E-state index in [1.807, 2.05) is 30.3 Å². The molecule has 0 spiro atoms. The molecule has 2 aromatic carbocycles. The van der Waals surface area contributed by atoms with Gasteiger partial charge in [-0.1, -0.05) is 46.3 Å². The second-order valence-corrected chi connectivity index (χ2v) is 7.79. The van der Waals surface area contributed by atoms with Crippen molar-refractivity contribution in [1.82, 2.24) is 4.31 Å². The van der Waals surface area contributed by atoms with Gasteiger partial charge in [0.2, 0.25) is 10.0 Å². The Balaban J connectivity index is 2.38. The minimum absolute atomic E-state index is 0.229. The zero-order chi connectivity index (χ0) is 15.6. The fourth-order valence-electron chi connectivity index (χ4n) is 2.04. The highest BCUT2D eigenvalue weighted by atomic mass is 79.9. The summed E-state index contributed by atoms with van der Waals surface area (Å²) < 4.78 is 27.4. The topological polar surface area (TPSA) is 63.4 Å². The lowest BCUT2D eigenvalue weighted by molar-refractivity contribution is 0.466. The molecule has 21 heavy (non-hydrogen) atoms. The monoisotopic (exact) mass is 368 g/mol. The highest BCUT2D eigenvalue weighted by Crippen LogP contribution is 2.28. The molecule has 2 rings (SSSR count). The summed E-state index contributed by atoms with van der Waals surface area (Å²) in [6, 6.07) is 12.8. The standard InChI is InChI=1S/C15H17BrN2O2S/c1-11-14(17)8-13(16)9-15(11)21(19,20)18(2)10-12-6-4-3-5-7-12/h3-9H,10,17H2,1-2H3. The molecular weight excluding hydrogens is 352 g/mol. The van der Waals surface area contributed by atoms with Gasteiger partial charge in [0.25, 0.3) is 0 Å². The van der Waals surface area contributed by atoms with Gasteiger partial charge < -0.3 is 5.73 Å². The molecule has 0 aliphatic carbocycles. The summed E-state index contributed by atoms with van der Waals surface area (Å²) in [5, 5.41) is 0. The number of rotatable bonds is 4. The van der Waals surface area contributed by atoms with Gasteiger partial charge in [-0.25, -0.2) is 8.42 Å². The molecule has 0 unspecified atom stereocenters. The van der Waals surface area contributed by atoms with E-state index in [1.165, 1.54) is 4.31 Å². The van der Waals surface area contributed by atoms with E-state index in [0.29, 0.717) is 22.3 Å². The van der Waals surface area contributed by atoms with Crippen LogP contribution in [0.15, 0.2) is 51.8 Å². The molecule has 4 nitrogen and oxygen atoms in total. The van der Waals surface area contributed by atoms with Crippen LogP contribution in [0.1, 0.15) is 11.1 Å². The minimum atomic E-state index is -3.59. The van der Waals surface area contributed by atoms with Crippen LogP contribution in [0.25, 0.3) is 0 Å². The van der Waals surface area contributed by atoms with Gasteiger partial charge in [-0.3, -0.25) is 0 Å². The molecule has 2 N–H and O–H groups in total. The second-order valence-electron chi connectivity index (χ2n) is 4.86. The van der Waals surface area contributed by atoms with Crippen molar-refractivity contribution in [2.45, 2.75) is 18.4 Å². The van der Waals surface area contributed by atoms with Gasteiger partial charge in [0.15, 0.2) is 0 Å². The van der Waals surface area contributed by atoms with Gasteiger partial charge in [0.1, 0.15) is 0 Å². The number of halogens is 1. The minimum Gasteiger partial charge on any atom is -0.398 e. The molecule has 0 atom stereocenters.